The van der Waals surface area contributed by atoms with Crippen molar-refractivity contribution in [3.8, 4) is 11.3 Å². The molecule has 0 atom stereocenters. The first-order valence-corrected chi connectivity index (χ1v) is 15.9. The maximum Gasteiger partial charge on any atom is 0.234 e. The van der Waals surface area contributed by atoms with E-state index in [0.717, 1.165) is 77.9 Å². The van der Waals surface area contributed by atoms with Crippen LogP contribution in [-0.2, 0) is 23.1 Å². The number of aromatic nitrogens is 3. The topological polar surface area (TPSA) is 88.0 Å². The van der Waals surface area contributed by atoms with Gasteiger partial charge in [0, 0.05) is 42.7 Å². The number of nitrogens with zero attached hydrogens (tertiary/aromatic N) is 3. The molecule has 0 spiro atoms. The molecule has 1 aliphatic carbocycles. The molecule has 2 saturated heterocycles. The summed E-state index contributed by atoms with van der Waals surface area (Å²) in [5.74, 6) is 0.860. The molecule has 0 unspecified atom stereocenters. The summed E-state index contributed by atoms with van der Waals surface area (Å²) in [7, 11) is 0. The smallest absolute Gasteiger partial charge is 0.234 e. The minimum atomic E-state index is -0.700. The van der Waals surface area contributed by atoms with Crippen LogP contribution in [0.4, 0.5) is 0 Å². The second-order valence-corrected chi connectivity index (χ2v) is 13.5. The zero-order valence-corrected chi connectivity index (χ0v) is 26.3. The maximum atomic E-state index is 14.0. The second kappa shape index (κ2) is 11.8. The first kappa shape index (κ1) is 29.4. The van der Waals surface area contributed by atoms with Gasteiger partial charge in [-0.05, 0) is 120 Å². The number of fused-ring (bicyclic) bond motifs is 4. The number of aromatic amines is 1. The van der Waals surface area contributed by atoms with Crippen molar-refractivity contribution in [3.05, 3.63) is 87.6 Å². The van der Waals surface area contributed by atoms with Crippen molar-refractivity contribution in [2.75, 3.05) is 19.6 Å². The zero-order valence-electron chi connectivity index (χ0n) is 26.3. The molecule has 3 fully saturated rings. The highest BCUT2D eigenvalue weighted by molar-refractivity contribution is 5.93. The van der Waals surface area contributed by atoms with Gasteiger partial charge in [-0.15, -0.1) is 0 Å². The van der Waals surface area contributed by atoms with Crippen LogP contribution in [0.1, 0.15) is 73.2 Å². The van der Waals surface area contributed by atoms with E-state index in [0.29, 0.717) is 17.7 Å². The minimum absolute atomic E-state index is 0.209. The minimum Gasteiger partial charge on any atom is -0.619 e. The van der Waals surface area contributed by atoms with Gasteiger partial charge in [0.25, 0.3) is 0 Å². The van der Waals surface area contributed by atoms with Crippen LogP contribution in [-0.4, -0.2) is 46.5 Å². The first-order chi connectivity index (χ1) is 20.6. The van der Waals surface area contributed by atoms with Gasteiger partial charge in [-0.2, -0.15) is 4.73 Å². The van der Waals surface area contributed by atoms with Crippen LogP contribution in [0.25, 0.3) is 22.2 Å². The highest BCUT2D eigenvalue weighted by Gasteiger charge is 2.43. The monoisotopic (exact) mass is 579 g/mol. The van der Waals surface area contributed by atoms with E-state index >= 15 is 0 Å². The van der Waals surface area contributed by atoms with E-state index < -0.39 is 5.41 Å². The third-order valence-electron chi connectivity index (χ3n) is 9.76. The first-order valence-electron chi connectivity index (χ1n) is 15.9. The Bertz CT molecular complexity index is 1630. The fourth-order valence-electron chi connectivity index (χ4n) is 7.29. The lowest BCUT2D eigenvalue weighted by Gasteiger charge is -2.47. The Hall–Kier alpha value is -3.71. The molecule has 2 bridgehead atoms. The molecular weight excluding hydrogens is 534 g/mol. The number of aryl methyl sites for hydroxylation is 3. The summed E-state index contributed by atoms with van der Waals surface area (Å²) in [5, 5.41) is 16.4. The lowest BCUT2D eigenvalue weighted by Crippen LogP contribution is -2.55. The van der Waals surface area contributed by atoms with Gasteiger partial charge < -0.3 is 20.4 Å². The number of H-pyrrole nitrogens is 1. The molecule has 1 amide bonds. The summed E-state index contributed by atoms with van der Waals surface area (Å²) in [6.45, 7) is 12.7. The van der Waals surface area contributed by atoms with Crippen molar-refractivity contribution in [2.45, 2.75) is 84.6 Å². The average molecular weight is 580 g/mol. The quantitative estimate of drug-likeness (QED) is 0.148. The van der Waals surface area contributed by atoms with E-state index in [1.807, 2.05) is 39.1 Å². The standard InChI is InChI=1S/C36H45N5O2/c1-23-16-24(2)18-28(17-23)34-30(11-14-37-13-10-26-12-15-41(43)25(3)19-26)31-20-33(38-21-32(31)39-34)36(4,5)35(42)40-22-27-6-8-29(40)9-7-27/h12,15-21,27,29,37,39H,6-11,13-14,22H2,1-5H3. The molecule has 7 nitrogen and oxygen atoms in total. The third kappa shape index (κ3) is 5.92. The van der Waals surface area contributed by atoms with Crippen molar-refractivity contribution in [1.29, 1.82) is 0 Å². The van der Waals surface area contributed by atoms with Crippen LogP contribution in [0.5, 0.6) is 0 Å². The van der Waals surface area contributed by atoms with Gasteiger partial charge in [-0.1, -0.05) is 17.2 Å². The molecule has 3 aromatic heterocycles. The van der Waals surface area contributed by atoms with Crippen LogP contribution in [0.15, 0.2) is 48.8 Å². The van der Waals surface area contributed by atoms with Gasteiger partial charge in [0.05, 0.1) is 22.8 Å². The summed E-state index contributed by atoms with van der Waals surface area (Å²) >= 11 is 0. The predicted octanol–water partition coefficient (Wildman–Crippen LogP) is 5.84. The fourth-order valence-corrected chi connectivity index (χ4v) is 7.29. The molecule has 4 aromatic rings. The molecule has 7 heteroatoms. The number of piperidine rings is 2. The number of rotatable bonds is 9. The largest absolute Gasteiger partial charge is 0.619 e. The maximum absolute atomic E-state index is 14.0. The molecule has 5 heterocycles. The normalized spacial score (nSPS) is 18.5. The van der Waals surface area contributed by atoms with Gasteiger partial charge in [-0.3, -0.25) is 9.78 Å². The number of hydrogen-bond acceptors (Lipinski definition) is 4. The van der Waals surface area contributed by atoms with Crippen LogP contribution < -0.4 is 10.0 Å². The number of benzene rings is 1. The summed E-state index contributed by atoms with van der Waals surface area (Å²) in [6, 6.07) is 13.1. The number of carbonyl (C=O) groups is 1. The summed E-state index contributed by atoms with van der Waals surface area (Å²) in [6.07, 6.45) is 9.99. The molecule has 1 aromatic carbocycles. The van der Waals surface area contributed by atoms with E-state index in [-0.39, 0.29) is 5.91 Å². The molecule has 43 heavy (non-hydrogen) atoms. The SMILES string of the molecule is Cc1cc(C)cc(-c2[nH]c3cnc(C(C)(C)C(=O)N4CC5CCC4CC5)cc3c2CCNCCc2cc[n+]([O-])c(C)c2)c1. The van der Waals surface area contributed by atoms with Crippen LogP contribution in [0.2, 0.25) is 0 Å². The van der Waals surface area contributed by atoms with Gasteiger partial charge in [0.1, 0.15) is 0 Å². The van der Waals surface area contributed by atoms with Crippen molar-refractivity contribution in [1.82, 2.24) is 20.2 Å². The number of carbonyl (C=O) groups excluding carboxylic acids is 1. The molecule has 2 aliphatic heterocycles. The Morgan fingerprint density at radius 3 is 2.44 bits per heavy atom. The second-order valence-electron chi connectivity index (χ2n) is 13.5. The Kier molecular flexibility index (Phi) is 8.03. The van der Waals surface area contributed by atoms with Crippen LogP contribution in [0, 0.1) is 31.9 Å². The number of hydrogen-bond donors (Lipinski definition) is 2. The highest BCUT2D eigenvalue weighted by Crippen LogP contribution is 2.39. The molecule has 0 radical (unpaired) electrons. The summed E-state index contributed by atoms with van der Waals surface area (Å²) in [4.78, 5) is 24.7. The van der Waals surface area contributed by atoms with Crippen LogP contribution >= 0.6 is 0 Å². The van der Waals surface area contributed by atoms with E-state index in [4.69, 9.17) is 4.98 Å². The van der Waals surface area contributed by atoms with E-state index in [1.165, 1.54) is 35.1 Å². The molecule has 3 aliphatic rings. The van der Waals surface area contributed by atoms with Crippen molar-refractivity contribution >= 4 is 16.8 Å². The number of pyridine rings is 2. The predicted molar refractivity (Wildman–Crippen MR) is 172 cm³/mol. The Morgan fingerprint density at radius 2 is 1.77 bits per heavy atom. The Morgan fingerprint density at radius 1 is 1.05 bits per heavy atom. The number of amides is 1. The lowest BCUT2D eigenvalue weighted by atomic mass is 9.77. The zero-order chi connectivity index (χ0) is 30.3. The van der Waals surface area contributed by atoms with Gasteiger partial charge in [-0.25, -0.2) is 0 Å². The molecule has 2 N–H and O–H groups in total. The fraction of sp³-hybridized carbons (Fsp3) is 0.472. The van der Waals surface area contributed by atoms with Crippen molar-refractivity contribution in [2.24, 2.45) is 5.92 Å². The van der Waals surface area contributed by atoms with Crippen LogP contribution in [0.3, 0.4) is 0 Å². The third-order valence-corrected chi connectivity index (χ3v) is 9.76. The molecule has 7 rings (SSSR count). The summed E-state index contributed by atoms with van der Waals surface area (Å²) < 4.78 is 0.900. The van der Waals surface area contributed by atoms with Gasteiger partial charge >= 0.3 is 0 Å². The molecule has 1 saturated carbocycles. The number of nitrogens with one attached hydrogen (secondary N) is 2. The van der Waals surface area contributed by atoms with E-state index in [2.05, 4.69) is 53.3 Å². The molecule has 226 valence electrons. The van der Waals surface area contributed by atoms with Gasteiger partial charge in [0.15, 0.2) is 11.9 Å². The van der Waals surface area contributed by atoms with Gasteiger partial charge in [0.2, 0.25) is 5.91 Å². The Balaban J connectivity index is 1.27. The highest BCUT2D eigenvalue weighted by atomic mass is 16.5. The average Bonchev–Trinajstić information content (AvgIpc) is 3.36. The van der Waals surface area contributed by atoms with Crippen molar-refractivity contribution < 1.29 is 9.52 Å². The van der Waals surface area contributed by atoms with E-state index in [1.54, 1.807) is 6.20 Å². The lowest BCUT2D eigenvalue weighted by molar-refractivity contribution is -0.612. The Labute approximate surface area is 255 Å². The molecular formula is C36H45N5O2. The van der Waals surface area contributed by atoms with Crippen molar-refractivity contribution in [3.63, 3.8) is 0 Å². The summed E-state index contributed by atoms with van der Waals surface area (Å²) in [5.41, 5.74) is 9.02. The van der Waals surface area contributed by atoms with E-state index in [9.17, 15) is 10.0 Å².